The van der Waals surface area contributed by atoms with Crippen molar-refractivity contribution >= 4 is 88.7 Å². The van der Waals surface area contributed by atoms with Crippen molar-refractivity contribution in [2.24, 2.45) is 0 Å². The summed E-state index contributed by atoms with van der Waals surface area (Å²) < 4.78 is 33.1. The number of benzene rings is 4. The summed E-state index contributed by atoms with van der Waals surface area (Å²) in [5, 5.41) is 0. The Morgan fingerprint density at radius 2 is 0.574 bits per heavy atom. The van der Waals surface area contributed by atoms with Gasteiger partial charge in [-0.1, -0.05) is 118 Å². The van der Waals surface area contributed by atoms with Crippen molar-refractivity contribution in [3.05, 3.63) is 198 Å². The Hall–Kier alpha value is -10.9. The number of H-pyrrole nitrogens is 4. The van der Waals surface area contributed by atoms with Gasteiger partial charge in [0, 0.05) is 72.0 Å². The van der Waals surface area contributed by atoms with Gasteiger partial charge < -0.3 is 43.6 Å². The fraction of sp³-hybridized carbons (Fsp3) is 0.326. The van der Waals surface area contributed by atoms with Gasteiger partial charge in [0.25, 0.3) is 0 Å². The van der Waals surface area contributed by atoms with Crippen LogP contribution in [0, 0.1) is 27.7 Å². The number of methoxy groups -OCH3 is 4. The molecule has 16 bridgehead atoms. The molecule has 108 heavy (non-hydrogen) atoms. The molecular weight excluding hydrogens is 1330 g/mol. The van der Waals surface area contributed by atoms with Gasteiger partial charge in [0.2, 0.25) is 0 Å². The molecule has 11 heterocycles. The highest BCUT2D eigenvalue weighted by Crippen LogP contribution is 2.58. The van der Waals surface area contributed by atoms with E-state index >= 15 is 0 Å². The number of hydrogen-bond acceptors (Lipinski definition) is 9. The second-order valence-electron chi connectivity index (χ2n) is 29.9. The van der Waals surface area contributed by atoms with Crippen LogP contribution in [0.3, 0.4) is 0 Å². The smallest absolute Gasteiger partial charge is 0.139 e. The molecule has 0 saturated carbocycles. The Labute approximate surface area is 635 Å². The molecule has 4 N–H and O–H groups in total. The van der Waals surface area contributed by atoms with E-state index in [9.17, 15) is 0 Å². The Bertz CT molecular complexity index is 5600. The standard InChI is InChI=1S/C95H102N8O5/c1-23-55-47(9)85-79(86-48(10)56(24-2)68(97-86)44-72-60(28-6)52(14)90(101-72)83(81-75(104-19)39-33-40-76(81)105-20)89-51(13)59(27-5)71(100-89)43-67(55)96-85)63-35-31-37-65-93(63)108-94-64(36-32-38-66(94)95(65,17)18)80-87-49(11)57(25-3)69(98-87)45-73-61(29-7)53(15)91(102-73)84(82-77(106-21)41-34-42-78(82)107-22)92-54(16)62(30-8)74(103-92)46-70-58(26-4)50(12)88(80)99-70/h31-46,96,98,101,103H,23-30H2,1-22H3. The number of allylic oxidation sites excluding steroid dienone is 8. The highest BCUT2D eigenvalue weighted by atomic mass is 16.5. The van der Waals surface area contributed by atoms with E-state index in [4.69, 9.17) is 43.6 Å². The maximum atomic E-state index is 8.12. The molecule has 0 fully saturated rings. The number of hydrogen-bond donors (Lipinski definition) is 4. The Morgan fingerprint density at radius 1 is 0.324 bits per heavy atom. The number of rotatable bonds is 16. The maximum absolute atomic E-state index is 8.12. The molecule has 6 aromatic heterocycles. The first-order chi connectivity index (χ1) is 52.1. The van der Waals surface area contributed by atoms with Crippen LogP contribution in [0.4, 0.5) is 0 Å². The van der Waals surface area contributed by atoms with Crippen LogP contribution >= 0.6 is 0 Å². The predicted octanol–water partition coefficient (Wildman–Crippen LogP) is 24.9. The van der Waals surface area contributed by atoms with Crippen LogP contribution in [0.5, 0.6) is 34.5 Å². The Morgan fingerprint density at radius 3 is 0.824 bits per heavy atom. The minimum Gasteiger partial charge on any atom is -0.496 e. The zero-order valence-corrected chi connectivity index (χ0v) is 67.2. The molecule has 13 heteroatoms. The van der Waals surface area contributed by atoms with Gasteiger partial charge in [0.05, 0.1) is 107 Å². The van der Waals surface area contributed by atoms with E-state index < -0.39 is 5.41 Å². The quantitative estimate of drug-likeness (QED) is 0.0738. The first kappa shape index (κ1) is 72.6. The van der Waals surface area contributed by atoms with Gasteiger partial charge in [-0.15, -0.1) is 0 Å². The van der Waals surface area contributed by atoms with Crippen LogP contribution in [0.25, 0.3) is 133 Å². The average Bonchev–Trinajstić information content (AvgIpc) is 1.25. The first-order valence-electron chi connectivity index (χ1n) is 38.9. The highest BCUT2D eigenvalue weighted by Gasteiger charge is 2.40. The van der Waals surface area contributed by atoms with E-state index in [2.05, 4.69) is 205 Å². The van der Waals surface area contributed by atoms with Crippen LogP contribution in [0.15, 0.2) is 97.1 Å². The van der Waals surface area contributed by atoms with Crippen LogP contribution in [0.2, 0.25) is 0 Å². The van der Waals surface area contributed by atoms with E-state index in [1.165, 1.54) is 44.5 Å². The number of ether oxygens (including phenoxy) is 5. The van der Waals surface area contributed by atoms with Crippen LogP contribution in [-0.4, -0.2) is 68.3 Å². The fourth-order valence-electron chi connectivity index (χ4n) is 18.8. The zero-order valence-electron chi connectivity index (χ0n) is 67.2. The van der Waals surface area contributed by atoms with Gasteiger partial charge in [-0.3, -0.25) is 0 Å². The van der Waals surface area contributed by atoms with Crippen molar-refractivity contribution in [3.8, 4) is 79.0 Å². The molecule has 4 aromatic carbocycles. The van der Waals surface area contributed by atoms with Crippen molar-refractivity contribution in [2.75, 3.05) is 28.4 Å². The number of aromatic nitrogens is 8. The third kappa shape index (κ3) is 11.0. The van der Waals surface area contributed by atoms with Gasteiger partial charge in [-0.2, -0.15) is 0 Å². The number of fused-ring (bicyclic) bond motifs is 18. The third-order valence-electron chi connectivity index (χ3n) is 24.4. The average molecular weight is 1440 g/mol. The summed E-state index contributed by atoms with van der Waals surface area (Å²) in [4.78, 5) is 39.9. The molecule has 13 nitrogen and oxygen atoms in total. The van der Waals surface area contributed by atoms with Crippen molar-refractivity contribution < 1.29 is 23.7 Å². The normalized spacial score (nSPS) is 13.9. The third-order valence-corrected chi connectivity index (χ3v) is 24.4. The lowest BCUT2D eigenvalue weighted by atomic mass is 9.73. The molecule has 552 valence electrons. The van der Waals surface area contributed by atoms with E-state index in [0.717, 1.165) is 253 Å². The predicted molar refractivity (Wildman–Crippen MR) is 450 cm³/mol. The molecular formula is C95H102N8O5. The number of aryl methyl sites for hydroxylation is 8. The molecule has 0 saturated heterocycles. The van der Waals surface area contributed by atoms with Crippen LogP contribution in [-0.2, 0) is 31.1 Å². The van der Waals surface area contributed by atoms with E-state index in [1.54, 1.807) is 28.4 Å². The fourth-order valence-corrected chi connectivity index (χ4v) is 18.8. The largest absolute Gasteiger partial charge is 0.496 e. The van der Waals surface area contributed by atoms with Gasteiger partial charge in [0.1, 0.15) is 34.5 Å². The number of aromatic amines is 4. The topological polar surface area (TPSA) is 161 Å². The Kier molecular flexibility index (Phi) is 18.8. The molecule has 0 spiro atoms. The molecule has 15 rings (SSSR count). The summed E-state index contributed by atoms with van der Waals surface area (Å²) in [6.07, 6.45) is 6.17. The van der Waals surface area contributed by atoms with Crippen molar-refractivity contribution in [3.63, 3.8) is 0 Å². The van der Waals surface area contributed by atoms with Crippen LogP contribution in [0.1, 0.15) is 224 Å². The molecule has 0 amide bonds. The summed E-state index contributed by atoms with van der Waals surface area (Å²) in [5.41, 5.74) is 42.8. The number of nitrogens with one attached hydrogen (secondary N) is 4. The first-order valence-corrected chi connectivity index (χ1v) is 38.9. The molecule has 0 aliphatic carbocycles. The van der Waals surface area contributed by atoms with Gasteiger partial charge in [-0.05, 0) is 244 Å². The summed E-state index contributed by atoms with van der Waals surface area (Å²) in [5.74, 6) is 4.40. The second-order valence-corrected chi connectivity index (χ2v) is 29.9. The summed E-state index contributed by atoms with van der Waals surface area (Å²) in [6.45, 7) is 40.7. The Balaban J connectivity index is 1.05. The molecule has 10 aromatic rings. The lowest BCUT2D eigenvalue weighted by Gasteiger charge is -2.36. The lowest BCUT2D eigenvalue weighted by Crippen LogP contribution is -2.25. The summed E-state index contributed by atoms with van der Waals surface area (Å²) in [6, 6.07) is 34.7. The van der Waals surface area contributed by atoms with Gasteiger partial charge in [-0.25, -0.2) is 19.9 Å². The number of nitrogens with zero attached hydrogens (tertiary/aromatic N) is 4. The van der Waals surface area contributed by atoms with Gasteiger partial charge >= 0.3 is 0 Å². The minimum atomic E-state index is -0.578. The molecule has 0 atom stereocenters. The van der Waals surface area contributed by atoms with Crippen molar-refractivity contribution in [1.29, 1.82) is 0 Å². The van der Waals surface area contributed by atoms with Crippen molar-refractivity contribution in [1.82, 2.24) is 39.9 Å². The van der Waals surface area contributed by atoms with Crippen LogP contribution < -0.4 is 23.7 Å². The van der Waals surface area contributed by atoms with E-state index in [-0.39, 0.29) is 0 Å². The lowest BCUT2D eigenvalue weighted by molar-refractivity contribution is 0.397. The van der Waals surface area contributed by atoms with E-state index in [1.807, 2.05) is 36.4 Å². The zero-order chi connectivity index (χ0) is 76.4. The van der Waals surface area contributed by atoms with E-state index in [0.29, 0.717) is 23.0 Å². The van der Waals surface area contributed by atoms with Gasteiger partial charge in [0.15, 0.2) is 0 Å². The monoisotopic (exact) mass is 1430 g/mol. The molecule has 5 aliphatic heterocycles. The SMILES string of the molecule is CCC1=C(C)c2nc1cc1[nH]c(c(C)c1CC)c(-c1c(OC)cccc1OC)c1nc(cc3[nH]c(c(C)c3CC)c2-c2cccc3c2Oc2c(-c4c5nc(cc6[nH]c(c(C)c6CC)c(-c6c(OC)cccc6OC)c6nc(cc7[nH]c4c(C)c7CC)C(CC)=C6C)C(CC)=C5C)cccc2C3(C)C)C(CC)=C1C. The molecule has 5 aliphatic rings. The van der Waals surface area contributed by atoms with Crippen molar-refractivity contribution in [2.45, 2.75) is 181 Å². The highest BCUT2D eigenvalue weighted by molar-refractivity contribution is 6.08. The second kappa shape index (κ2) is 28.0. The number of para-hydroxylation sites is 2. The summed E-state index contributed by atoms with van der Waals surface area (Å²) in [7, 11) is 6.93. The summed E-state index contributed by atoms with van der Waals surface area (Å²) >= 11 is 0. The maximum Gasteiger partial charge on any atom is 0.139 e. The minimum absolute atomic E-state index is 0.578. The molecule has 0 unspecified atom stereocenters. The molecule has 0 radical (unpaired) electrons.